The Hall–Kier alpha value is -3.45. The minimum Gasteiger partial charge on any atom is -0.384 e. The molecule has 1 amide bonds. The highest BCUT2D eigenvalue weighted by molar-refractivity contribution is 6.30. The third kappa shape index (κ3) is 6.04. The van der Waals surface area contributed by atoms with Gasteiger partial charge in [0.2, 0.25) is 0 Å². The van der Waals surface area contributed by atoms with Gasteiger partial charge < -0.3 is 11.1 Å². The quantitative estimate of drug-likeness (QED) is 0.183. The molecule has 0 atom stereocenters. The van der Waals surface area contributed by atoms with Gasteiger partial charge in [0, 0.05) is 18.3 Å². The number of aromatic nitrogens is 1. The molecule has 0 bridgehead atoms. The van der Waals surface area contributed by atoms with Crippen LogP contribution in [0.15, 0.2) is 71.9 Å². The van der Waals surface area contributed by atoms with E-state index >= 15 is 4.48 Å². The second-order valence-corrected chi connectivity index (χ2v) is 7.57. The number of pyridine rings is 1. The number of rotatable bonds is 9. The summed E-state index contributed by atoms with van der Waals surface area (Å²) in [4.78, 5) is 21.1. The predicted octanol–water partition coefficient (Wildman–Crippen LogP) is 5.91. The number of carbonyl (C=O) groups excluding carboxylic acids is 1. The predicted molar refractivity (Wildman–Crippen MR) is 128 cm³/mol. The molecule has 0 unspecified atom stereocenters. The topological polar surface area (TPSA) is 83.6 Å². The number of nitrogens with one attached hydrogen (secondary N) is 1. The summed E-state index contributed by atoms with van der Waals surface area (Å²) in [6, 6.07) is 16.2. The van der Waals surface area contributed by atoms with Gasteiger partial charge in [-0.1, -0.05) is 48.0 Å². The second-order valence-electron chi connectivity index (χ2n) is 7.13. The fourth-order valence-electron chi connectivity index (χ4n) is 3.03. The summed E-state index contributed by atoms with van der Waals surface area (Å²) >= 11 is 5.82. The van der Waals surface area contributed by atoms with Crippen LogP contribution in [0.2, 0.25) is 5.02 Å². The monoisotopic (exact) mass is 453 g/mol. The van der Waals surface area contributed by atoms with E-state index in [1.807, 2.05) is 0 Å². The van der Waals surface area contributed by atoms with Gasteiger partial charge in [-0.2, -0.15) is 5.12 Å². The third-order valence-corrected chi connectivity index (χ3v) is 4.99. The molecule has 0 spiro atoms. The van der Waals surface area contributed by atoms with Crippen LogP contribution in [0.5, 0.6) is 0 Å². The van der Waals surface area contributed by atoms with Crippen LogP contribution in [-0.2, 0) is 0 Å². The van der Waals surface area contributed by atoms with E-state index < -0.39 is 5.91 Å². The molecule has 0 radical (unpaired) electrons. The van der Waals surface area contributed by atoms with Gasteiger partial charge in [0.1, 0.15) is 11.7 Å². The summed E-state index contributed by atoms with van der Waals surface area (Å²) in [5.41, 5.74) is 7.28. The molecule has 3 rings (SSSR count). The first-order valence-electron chi connectivity index (χ1n) is 10.4. The van der Waals surface area contributed by atoms with Crippen LogP contribution in [0.1, 0.15) is 42.1 Å². The standard InChI is InChI=1S/C24H25ClFN5O/c1-2-3-6-15-28-23(27)17-9-12-19(13-10-17)31(26)21-8-5-4-7-20(21)24(32)30-22-14-11-18(25)16-29-22/h4-5,7-14,16H,2-3,6,15H2,1H3,(H2,27,28)(H,29,30,32). The lowest BCUT2D eigenvalue weighted by Gasteiger charge is -2.17. The van der Waals surface area contributed by atoms with E-state index in [1.165, 1.54) is 12.3 Å². The molecule has 0 saturated carbocycles. The Kier molecular flexibility index (Phi) is 8.16. The molecular weight excluding hydrogens is 429 g/mol. The van der Waals surface area contributed by atoms with Gasteiger partial charge in [0.05, 0.1) is 22.0 Å². The zero-order valence-electron chi connectivity index (χ0n) is 17.8. The molecule has 3 aromatic rings. The average Bonchev–Trinajstić information content (AvgIpc) is 2.83. The Balaban J connectivity index is 1.75. The minimum absolute atomic E-state index is 0.105. The summed E-state index contributed by atoms with van der Waals surface area (Å²) in [6.45, 7) is 2.80. The lowest BCUT2D eigenvalue weighted by Crippen LogP contribution is -2.17. The zero-order chi connectivity index (χ0) is 22.9. The average molecular weight is 454 g/mol. The van der Waals surface area contributed by atoms with Crippen molar-refractivity contribution >= 4 is 40.5 Å². The number of unbranched alkanes of at least 4 members (excludes halogenated alkanes) is 2. The number of hydrogen-bond acceptors (Lipinski definition) is 4. The molecule has 1 heterocycles. The highest BCUT2D eigenvalue weighted by atomic mass is 35.5. The van der Waals surface area contributed by atoms with E-state index in [1.54, 1.807) is 54.6 Å². The number of aliphatic imine (C=N–C) groups is 1. The smallest absolute Gasteiger partial charge is 0.259 e. The molecule has 8 heteroatoms. The Morgan fingerprint density at radius 3 is 2.56 bits per heavy atom. The van der Waals surface area contributed by atoms with Gasteiger partial charge in [-0.05, 0) is 55.0 Å². The lowest BCUT2D eigenvalue weighted by molar-refractivity contribution is 0.102. The van der Waals surface area contributed by atoms with E-state index in [9.17, 15) is 4.79 Å². The molecular formula is C24H25ClFN5O. The number of nitrogens with zero attached hydrogens (tertiary/aromatic N) is 3. The number of amides is 1. The van der Waals surface area contributed by atoms with Crippen molar-refractivity contribution in [2.24, 2.45) is 10.7 Å². The van der Waals surface area contributed by atoms with E-state index in [0.29, 0.717) is 28.3 Å². The van der Waals surface area contributed by atoms with E-state index in [-0.39, 0.29) is 16.9 Å². The molecule has 166 valence electrons. The third-order valence-electron chi connectivity index (χ3n) is 4.76. The minimum atomic E-state index is -0.488. The summed E-state index contributed by atoms with van der Waals surface area (Å²) < 4.78 is 15.3. The molecule has 0 aliphatic heterocycles. The van der Waals surface area contributed by atoms with Gasteiger partial charge in [-0.3, -0.25) is 9.79 Å². The number of para-hydroxylation sites is 1. The number of benzene rings is 2. The maximum Gasteiger partial charge on any atom is 0.259 e. The largest absolute Gasteiger partial charge is 0.384 e. The fourth-order valence-corrected chi connectivity index (χ4v) is 3.14. The number of halogens is 2. The van der Waals surface area contributed by atoms with Crippen LogP contribution in [0.25, 0.3) is 0 Å². The van der Waals surface area contributed by atoms with Gasteiger partial charge in [0.25, 0.3) is 5.91 Å². The Morgan fingerprint density at radius 2 is 1.88 bits per heavy atom. The van der Waals surface area contributed by atoms with Crippen molar-refractivity contribution in [3.63, 3.8) is 0 Å². The van der Waals surface area contributed by atoms with Gasteiger partial charge in [-0.15, -0.1) is 0 Å². The van der Waals surface area contributed by atoms with Crippen molar-refractivity contribution in [2.45, 2.75) is 26.2 Å². The SMILES string of the molecule is CCCCCN=C(N)c1ccc(N(F)c2ccccc2C(=O)Nc2ccc(Cl)cn2)cc1. The molecule has 0 aliphatic rings. The van der Waals surface area contributed by atoms with Crippen LogP contribution >= 0.6 is 11.6 Å². The number of hydrogen-bond donors (Lipinski definition) is 2. The van der Waals surface area contributed by atoms with Crippen molar-refractivity contribution in [1.29, 1.82) is 0 Å². The first-order chi connectivity index (χ1) is 15.5. The van der Waals surface area contributed by atoms with Crippen molar-refractivity contribution in [1.82, 2.24) is 4.98 Å². The Morgan fingerprint density at radius 1 is 1.12 bits per heavy atom. The van der Waals surface area contributed by atoms with Crippen LogP contribution in [0.4, 0.5) is 21.7 Å². The maximum absolute atomic E-state index is 15.3. The highest BCUT2D eigenvalue weighted by Crippen LogP contribution is 2.30. The molecule has 32 heavy (non-hydrogen) atoms. The molecule has 2 aromatic carbocycles. The van der Waals surface area contributed by atoms with Crippen LogP contribution in [-0.4, -0.2) is 23.3 Å². The lowest BCUT2D eigenvalue weighted by atomic mass is 10.1. The fraction of sp³-hybridized carbons (Fsp3) is 0.208. The number of anilines is 3. The van der Waals surface area contributed by atoms with Crippen molar-refractivity contribution in [2.75, 3.05) is 17.0 Å². The first kappa shape index (κ1) is 23.2. The van der Waals surface area contributed by atoms with Crippen molar-refractivity contribution in [3.05, 3.63) is 83.0 Å². The molecule has 0 fully saturated rings. The first-order valence-corrected chi connectivity index (χ1v) is 10.8. The van der Waals surface area contributed by atoms with Crippen LogP contribution in [0.3, 0.4) is 0 Å². The maximum atomic E-state index is 15.3. The summed E-state index contributed by atoms with van der Waals surface area (Å²) in [7, 11) is 0. The zero-order valence-corrected chi connectivity index (χ0v) is 18.5. The summed E-state index contributed by atoms with van der Waals surface area (Å²) in [5, 5.41) is 3.56. The molecule has 0 aliphatic carbocycles. The second kappa shape index (κ2) is 11.2. The van der Waals surface area contributed by atoms with E-state index in [0.717, 1.165) is 24.8 Å². The van der Waals surface area contributed by atoms with E-state index in [4.69, 9.17) is 17.3 Å². The number of carbonyl (C=O) groups is 1. The van der Waals surface area contributed by atoms with Crippen LogP contribution < -0.4 is 16.2 Å². The Labute approximate surface area is 191 Å². The highest BCUT2D eigenvalue weighted by Gasteiger charge is 2.18. The molecule has 6 nitrogen and oxygen atoms in total. The molecule has 1 aromatic heterocycles. The molecule has 3 N–H and O–H groups in total. The van der Waals surface area contributed by atoms with Crippen molar-refractivity contribution < 1.29 is 9.28 Å². The van der Waals surface area contributed by atoms with Gasteiger partial charge in [0.15, 0.2) is 0 Å². The number of nitrogens with two attached hydrogens (primary N) is 1. The summed E-state index contributed by atoms with van der Waals surface area (Å²) in [5.74, 6) is 0.254. The Bertz CT molecular complexity index is 1070. The number of amidine groups is 1. The summed E-state index contributed by atoms with van der Waals surface area (Å²) in [6.07, 6.45) is 4.63. The van der Waals surface area contributed by atoms with Crippen LogP contribution in [0, 0.1) is 0 Å². The normalized spacial score (nSPS) is 11.3. The molecule has 0 saturated heterocycles. The van der Waals surface area contributed by atoms with Gasteiger partial charge >= 0.3 is 0 Å². The van der Waals surface area contributed by atoms with Gasteiger partial charge in [-0.25, -0.2) is 4.98 Å². The van der Waals surface area contributed by atoms with E-state index in [2.05, 4.69) is 22.2 Å². The van der Waals surface area contributed by atoms with Crippen molar-refractivity contribution in [3.8, 4) is 0 Å².